The number of hydrogen-bond acceptors (Lipinski definition) is 4. The van der Waals surface area contributed by atoms with Crippen molar-refractivity contribution in [3.8, 4) is 0 Å². The number of hydrogen-bond donors (Lipinski definition) is 3. The predicted molar refractivity (Wildman–Crippen MR) is 110 cm³/mol. The zero-order valence-electron chi connectivity index (χ0n) is 16.5. The SMILES string of the molecule is NC(=O)C1CCN(Cc2cccc(NC(=O)C3CC4CCCCC4N3)c2)CC1. The minimum absolute atomic E-state index is 0.0180. The third-order valence-corrected chi connectivity index (χ3v) is 6.77. The smallest absolute Gasteiger partial charge is 0.241 e. The van der Waals surface area contributed by atoms with Crippen LogP contribution in [0.25, 0.3) is 0 Å². The fourth-order valence-corrected chi connectivity index (χ4v) is 5.13. The molecular formula is C22H32N4O2. The van der Waals surface area contributed by atoms with E-state index in [9.17, 15) is 9.59 Å². The maximum atomic E-state index is 12.7. The molecule has 0 spiro atoms. The molecule has 3 unspecified atom stereocenters. The second-order valence-corrected chi connectivity index (χ2v) is 8.75. The van der Waals surface area contributed by atoms with Crippen LogP contribution >= 0.6 is 0 Å². The molecule has 2 heterocycles. The summed E-state index contributed by atoms with van der Waals surface area (Å²) in [5.41, 5.74) is 7.47. The van der Waals surface area contributed by atoms with Crippen molar-refractivity contribution in [2.24, 2.45) is 17.6 Å². The molecular weight excluding hydrogens is 352 g/mol. The fraction of sp³-hybridized carbons (Fsp3) is 0.636. The van der Waals surface area contributed by atoms with Crippen LogP contribution in [-0.2, 0) is 16.1 Å². The molecule has 3 fully saturated rings. The Morgan fingerprint density at radius 2 is 1.93 bits per heavy atom. The summed E-state index contributed by atoms with van der Waals surface area (Å²) in [4.78, 5) is 26.4. The molecule has 2 aliphatic heterocycles. The Balaban J connectivity index is 1.30. The van der Waals surface area contributed by atoms with E-state index < -0.39 is 0 Å². The van der Waals surface area contributed by atoms with Gasteiger partial charge in [-0.3, -0.25) is 14.5 Å². The maximum Gasteiger partial charge on any atom is 0.241 e. The Hall–Kier alpha value is -1.92. The van der Waals surface area contributed by atoms with Gasteiger partial charge in [-0.2, -0.15) is 0 Å². The topological polar surface area (TPSA) is 87.5 Å². The Morgan fingerprint density at radius 1 is 1.14 bits per heavy atom. The predicted octanol–water partition coefficient (Wildman–Crippen LogP) is 2.24. The molecule has 1 aliphatic carbocycles. The quantitative estimate of drug-likeness (QED) is 0.727. The van der Waals surface area contributed by atoms with Gasteiger partial charge in [-0.05, 0) is 68.8 Å². The van der Waals surface area contributed by atoms with Gasteiger partial charge >= 0.3 is 0 Å². The number of primary amides is 1. The maximum absolute atomic E-state index is 12.7. The summed E-state index contributed by atoms with van der Waals surface area (Å²) in [6.07, 6.45) is 7.67. The number of nitrogens with zero attached hydrogens (tertiary/aromatic N) is 1. The number of fused-ring (bicyclic) bond motifs is 1. The highest BCUT2D eigenvalue weighted by atomic mass is 16.2. The number of carbonyl (C=O) groups excluding carboxylic acids is 2. The minimum Gasteiger partial charge on any atom is -0.369 e. The molecule has 2 amide bonds. The zero-order chi connectivity index (χ0) is 19.5. The average molecular weight is 385 g/mol. The van der Waals surface area contributed by atoms with Crippen molar-refractivity contribution >= 4 is 17.5 Å². The van der Waals surface area contributed by atoms with Gasteiger partial charge in [-0.25, -0.2) is 0 Å². The van der Waals surface area contributed by atoms with E-state index in [0.717, 1.165) is 44.6 Å². The summed E-state index contributed by atoms with van der Waals surface area (Å²) >= 11 is 0. The van der Waals surface area contributed by atoms with E-state index in [1.54, 1.807) is 0 Å². The Labute approximate surface area is 167 Å². The average Bonchev–Trinajstić information content (AvgIpc) is 3.13. The molecule has 4 rings (SSSR count). The van der Waals surface area contributed by atoms with Gasteiger partial charge in [-0.1, -0.05) is 25.0 Å². The highest BCUT2D eigenvalue weighted by Gasteiger charge is 2.38. The van der Waals surface area contributed by atoms with Gasteiger partial charge in [-0.15, -0.1) is 0 Å². The lowest BCUT2D eigenvalue weighted by molar-refractivity contribution is -0.123. The molecule has 0 aromatic heterocycles. The highest BCUT2D eigenvalue weighted by molar-refractivity contribution is 5.95. The molecule has 152 valence electrons. The van der Waals surface area contributed by atoms with Gasteiger partial charge in [0, 0.05) is 24.2 Å². The summed E-state index contributed by atoms with van der Waals surface area (Å²) < 4.78 is 0. The van der Waals surface area contributed by atoms with Crippen molar-refractivity contribution in [1.29, 1.82) is 0 Å². The molecule has 1 aromatic rings. The molecule has 4 N–H and O–H groups in total. The van der Waals surface area contributed by atoms with Gasteiger partial charge in [0.2, 0.25) is 11.8 Å². The van der Waals surface area contributed by atoms with Crippen LogP contribution in [-0.4, -0.2) is 41.9 Å². The molecule has 2 saturated heterocycles. The van der Waals surface area contributed by atoms with Crippen molar-refractivity contribution < 1.29 is 9.59 Å². The summed E-state index contributed by atoms with van der Waals surface area (Å²) in [6.45, 7) is 2.61. The second kappa shape index (κ2) is 8.62. The number of rotatable bonds is 5. The molecule has 6 heteroatoms. The molecule has 3 atom stereocenters. The number of anilines is 1. The van der Waals surface area contributed by atoms with Crippen molar-refractivity contribution in [1.82, 2.24) is 10.2 Å². The van der Waals surface area contributed by atoms with E-state index in [4.69, 9.17) is 5.73 Å². The lowest BCUT2D eigenvalue weighted by Gasteiger charge is -2.30. The minimum atomic E-state index is -0.176. The van der Waals surface area contributed by atoms with Gasteiger partial charge < -0.3 is 16.4 Å². The standard InChI is InChI=1S/C22H32N4O2/c23-21(27)16-8-10-26(11-9-16)14-15-4-3-6-18(12-15)24-22(28)20-13-17-5-1-2-7-19(17)25-20/h3-4,6,12,16-17,19-20,25H,1-2,5,7-11,13-14H2,(H2,23,27)(H,24,28). The van der Waals surface area contributed by atoms with Crippen molar-refractivity contribution in [3.05, 3.63) is 29.8 Å². The first-order valence-corrected chi connectivity index (χ1v) is 10.8. The van der Waals surface area contributed by atoms with Crippen LogP contribution in [0.2, 0.25) is 0 Å². The lowest BCUT2D eigenvalue weighted by atomic mass is 9.85. The zero-order valence-corrected chi connectivity index (χ0v) is 16.5. The number of nitrogens with two attached hydrogens (primary N) is 1. The molecule has 28 heavy (non-hydrogen) atoms. The van der Waals surface area contributed by atoms with Gasteiger partial charge in [0.15, 0.2) is 0 Å². The molecule has 6 nitrogen and oxygen atoms in total. The number of piperidine rings is 1. The normalized spacial score (nSPS) is 28.6. The fourth-order valence-electron chi connectivity index (χ4n) is 5.13. The number of benzene rings is 1. The Bertz CT molecular complexity index is 700. The highest BCUT2D eigenvalue weighted by Crippen LogP contribution is 2.33. The lowest BCUT2D eigenvalue weighted by Crippen LogP contribution is -2.40. The second-order valence-electron chi connectivity index (χ2n) is 8.75. The number of likely N-dealkylation sites (tertiary alicyclic amines) is 1. The van der Waals surface area contributed by atoms with Crippen LogP contribution in [0, 0.1) is 11.8 Å². The largest absolute Gasteiger partial charge is 0.369 e. The Kier molecular flexibility index (Phi) is 5.97. The van der Waals surface area contributed by atoms with Crippen molar-refractivity contribution in [2.45, 2.75) is 63.6 Å². The molecule has 0 bridgehead atoms. The van der Waals surface area contributed by atoms with Gasteiger partial charge in [0.1, 0.15) is 0 Å². The van der Waals surface area contributed by atoms with E-state index >= 15 is 0 Å². The number of carbonyl (C=O) groups is 2. The molecule has 1 aromatic carbocycles. The van der Waals surface area contributed by atoms with Crippen LogP contribution in [0.15, 0.2) is 24.3 Å². The monoisotopic (exact) mass is 384 g/mol. The number of amides is 2. The van der Waals surface area contributed by atoms with E-state index in [0.29, 0.717) is 12.0 Å². The molecule has 1 saturated carbocycles. The summed E-state index contributed by atoms with van der Waals surface area (Å²) in [5.74, 6) is 0.599. The van der Waals surface area contributed by atoms with E-state index in [1.807, 2.05) is 12.1 Å². The van der Waals surface area contributed by atoms with Gasteiger partial charge in [0.05, 0.1) is 6.04 Å². The third-order valence-electron chi connectivity index (χ3n) is 6.77. The summed E-state index contributed by atoms with van der Waals surface area (Å²) in [5, 5.41) is 6.66. The van der Waals surface area contributed by atoms with Crippen molar-refractivity contribution in [2.75, 3.05) is 18.4 Å². The van der Waals surface area contributed by atoms with E-state index in [-0.39, 0.29) is 23.8 Å². The van der Waals surface area contributed by atoms with Gasteiger partial charge in [0.25, 0.3) is 0 Å². The van der Waals surface area contributed by atoms with E-state index in [1.165, 1.54) is 31.2 Å². The first-order valence-electron chi connectivity index (χ1n) is 10.8. The summed E-state index contributed by atoms with van der Waals surface area (Å²) in [7, 11) is 0. The van der Waals surface area contributed by atoms with Crippen molar-refractivity contribution in [3.63, 3.8) is 0 Å². The van der Waals surface area contributed by atoms with Crippen LogP contribution in [0.1, 0.15) is 50.5 Å². The Morgan fingerprint density at radius 3 is 2.68 bits per heavy atom. The number of nitrogens with one attached hydrogen (secondary N) is 2. The first kappa shape index (κ1) is 19.4. The van der Waals surface area contributed by atoms with Crippen LogP contribution in [0.3, 0.4) is 0 Å². The third kappa shape index (κ3) is 4.55. The molecule has 3 aliphatic rings. The summed E-state index contributed by atoms with van der Waals surface area (Å²) in [6, 6.07) is 8.59. The van der Waals surface area contributed by atoms with Crippen LogP contribution in [0.4, 0.5) is 5.69 Å². The van der Waals surface area contributed by atoms with Crippen LogP contribution in [0.5, 0.6) is 0 Å². The van der Waals surface area contributed by atoms with Crippen LogP contribution < -0.4 is 16.4 Å². The van der Waals surface area contributed by atoms with E-state index in [2.05, 4.69) is 27.7 Å². The molecule has 0 radical (unpaired) electrons. The first-order chi connectivity index (χ1) is 13.6.